The maximum atomic E-state index is 13.0. The van der Waals surface area contributed by atoms with E-state index in [1.807, 2.05) is 11.8 Å². The maximum absolute atomic E-state index is 13.0. The van der Waals surface area contributed by atoms with Crippen LogP contribution in [0.5, 0.6) is 0 Å². The predicted molar refractivity (Wildman–Crippen MR) is 106 cm³/mol. The fourth-order valence-corrected chi connectivity index (χ4v) is 5.00. The molecule has 1 aliphatic heterocycles. The number of carbonyl (C=O) groups is 1. The number of sulfone groups is 1. The highest BCUT2D eigenvalue weighted by molar-refractivity contribution is 7.90. The molecule has 27 heavy (non-hydrogen) atoms. The van der Waals surface area contributed by atoms with Gasteiger partial charge >= 0.3 is 0 Å². The molecule has 5 nitrogen and oxygen atoms in total. The molecule has 3 rings (SSSR count). The third-order valence-corrected chi connectivity index (χ3v) is 6.75. The number of rotatable bonds is 5. The molecule has 0 saturated carbocycles. The van der Waals surface area contributed by atoms with Gasteiger partial charge in [-0.25, -0.2) is 8.42 Å². The second kappa shape index (κ2) is 8.23. The van der Waals surface area contributed by atoms with Crippen LogP contribution in [-0.4, -0.2) is 37.9 Å². The van der Waals surface area contributed by atoms with E-state index in [0.29, 0.717) is 17.7 Å². The quantitative estimate of drug-likeness (QED) is 0.857. The summed E-state index contributed by atoms with van der Waals surface area (Å²) >= 11 is 0. The Balaban J connectivity index is 1.82. The molecular weight excluding hydrogens is 360 g/mol. The van der Waals surface area contributed by atoms with Crippen LogP contribution in [0.1, 0.15) is 42.1 Å². The lowest BCUT2D eigenvalue weighted by Gasteiger charge is -2.38. The number of nitrogens with zero attached hydrogens (tertiary/aromatic N) is 1. The Morgan fingerprint density at radius 3 is 2.59 bits per heavy atom. The normalized spacial score (nSPS) is 18.9. The average molecular weight is 387 g/mol. The molecule has 0 aliphatic carbocycles. The average Bonchev–Trinajstić information content (AvgIpc) is 2.68. The minimum absolute atomic E-state index is 0.0305. The first-order valence-corrected chi connectivity index (χ1v) is 11.0. The molecule has 144 valence electrons. The van der Waals surface area contributed by atoms with E-state index >= 15 is 0 Å². The van der Waals surface area contributed by atoms with Gasteiger partial charge in [-0.1, -0.05) is 30.3 Å². The number of carbonyl (C=O) groups excluding carboxylic acids is 1. The Bertz CT molecular complexity index is 895. The second-order valence-electron chi connectivity index (χ2n) is 7.19. The summed E-state index contributed by atoms with van der Waals surface area (Å²) in [5, 5.41) is 0. The number of amides is 1. The zero-order valence-corrected chi connectivity index (χ0v) is 16.4. The molecule has 2 aromatic carbocycles. The van der Waals surface area contributed by atoms with E-state index in [0.717, 1.165) is 19.3 Å². The smallest absolute Gasteiger partial charge is 0.254 e. The summed E-state index contributed by atoms with van der Waals surface area (Å²) in [5.41, 5.74) is 7.20. The van der Waals surface area contributed by atoms with Crippen LogP contribution in [-0.2, 0) is 15.6 Å². The summed E-state index contributed by atoms with van der Waals surface area (Å²) in [5.74, 6) is -0.203. The van der Waals surface area contributed by atoms with Crippen LogP contribution in [0.4, 0.5) is 0 Å². The molecule has 2 atom stereocenters. The van der Waals surface area contributed by atoms with Crippen molar-refractivity contribution in [3.05, 3.63) is 65.7 Å². The first-order chi connectivity index (χ1) is 12.9. The molecule has 0 radical (unpaired) electrons. The number of hydrogen-bond donors (Lipinski definition) is 1. The minimum atomic E-state index is -3.45. The number of nitrogens with two attached hydrogens (primary N) is 1. The van der Waals surface area contributed by atoms with Crippen LogP contribution in [0, 0.1) is 0 Å². The van der Waals surface area contributed by atoms with Crippen molar-refractivity contribution in [3.63, 3.8) is 0 Å². The van der Waals surface area contributed by atoms with E-state index in [2.05, 4.69) is 0 Å². The fraction of sp³-hybridized carbons (Fsp3) is 0.381. The number of likely N-dealkylation sites (tertiary alicyclic amines) is 1. The maximum Gasteiger partial charge on any atom is 0.254 e. The van der Waals surface area contributed by atoms with Crippen molar-refractivity contribution in [2.45, 2.75) is 48.9 Å². The molecule has 2 aromatic rings. The van der Waals surface area contributed by atoms with E-state index in [4.69, 9.17) is 5.73 Å². The summed E-state index contributed by atoms with van der Waals surface area (Å²) in [7, 11) is -3.45. The highest BCUT2D eigenvalue weighted by Gasteiger charge is 2.30. The van der Waals surface area contributed by atoms with Gasteiger partial charge in [-0.05, 0) is 56.0 Å². The van der Waals surface area contributed by atoms with Gasteiger partial charge in [-0.15, -0.1) is 0 Å². The van der Waals surface area contributed by atoms with Crippen LogP contribution in [0.25, 0.3) is 0 Å². The SMILES string of the molecule is C[C@@H](N)[C@H]1CCCCN1C(=O)c1cccc(CS(=O)(=O)c2ccccc2)c1. The highest BCUT2D eigenvalue weighted by Crippen LogP contribution is 2.23. The first-order valence-electron chi connectivity index (χ1n) is 9.32. The molecule has 0 unspecified atom stereocenters. The number of benzene rings is 2. The molecule has 1 aliphatic rings. The van der Waals surface area contributed by atoms with E-state index in [-0.39, 0.29) is 28.6 Å². The van der Waals surface area contributed by atoms with Crippen molar-refractivity contribution in [1.29, 1.82) is 0 Å². The summed E-state index contributed by atoms with van der Waals surface area (Å²) < 4.78 is 25.2. The molecular formula is C21H26N2O3S. The van der Waals surface area contributed by atoms with Crippen LogP contribution in [0.15, 0.2) is 59.5 Å². The lowest BCUT2D eigenvalue weighted by molar-refractivity contribution is 0.0583. The van der Waals surface area contributed by atoms with Crippen molar-refractivity contribution in [2.75, 3.05) is 6.54 Å². The third-order valence-electron chi connectivity index (χ3n) is 5.05. The molecule has 6 heteroatoms. The zero-order valence-electron chi connectivity index (χ0n) is 15.5. The van der Waals surface area contributed by atoms with Crippen molar-refractivity contribution in [3.8, 4) is 0 Å². The molecule has 2 N–H and O–H groups in total. The van der Waals surface area contributed by atoms with Gasteiger partial charge in [-0.3, -0.25) is 4.79 Å². The van der Waals surface area contributed by atoms with Gasteiger partial charge in [0.15, 0.2) is 9.84 Å². The van der Waals surface area contributed by atoms with Crippen LogP contribution in [0.3, 0.4) is 0 Å². The molecule has 0 spiro atoms. The van der Waals surface area contributed by atoms with Gasteiger partial charge in [0.2, 0.25) is 0 Å². The molecule has 0 bridgehead atoms. The Morgan fingerprint density at radius 1 is 1.15 bits per heavy atom. The summed E-state index contributed by atoms with van der Waals surface area (Å²) in [4.78, 5) is 15.2. The Morgan fingerprint density at radius 2 is 1.89 bits per heavy atom. The summed E-state index contributed by atoms with van der Waals surface area (Å²) in [6.45, 7) is 2.62. The van der Waals surface area contributed by atoms with E-state index in [1.165, 1.54) is 0 Å². The molecule has 1 heterocycles. The highest BCUT2D eigenvalue weighted by atomic mass is 32.2. The van der Waals surface area contributed by atoms with Gasteiger partial charge in [0.05, 0.1) is 10.6 Å². The summed E-state index contributed by atoms with van der Waals surface area (Å²) in [6.07, 6.45) is 2.95. The molecule has 0 aromatic heterocycles. The van der Waals surface area contributed by atoms with Gasteiger partial charge in [-0.2, -0.15) is 0 Å². The van der Waals surface area contributed by atoms with E-state index in [1.54, 1.807) is 54.6 Å². The molecule has 1 saturated heterocycles. The Kier molecular flexibility index (Phi) is 5.97. The van der Waals surface area contributed by atoms with E-state index in [9.17, 15) is 13.2 Å². The largest absolute Gasteiger partial charge is 0.334 e. The van der Waals surface area contributed by atoms with Gasteiger partial charge in [0, 0.05) is 24.2 Å². The lowest BCUT2D eigenvalue weighted by Crippen LogP contribution is -2.51. The lowest BCUT2D eigenvalue weighted by atomic mass is 9.96. The predicted octanol–water partition coefficient (Wildman–Crippen LogP) is 3.00. The minimum Gasteiger partial charge on any atom is -0.334 e. The fourth-order valence-electron chi connectivity index (χ4n) is 3.65. The van der Waals surface area contributed by atoms with Gasteiger partial charge in [0.1, 0.15) is 0 Å². The van der Waals surface area contributed by atoms with Crippen molar-refractivity contribution >= 4 is 15.7 Å². The van der Waals surface area contributed by atoms with Crippen molar-refractivity contribution in [1.82, 2.24) is 4.90 Å². The second-order valence-corrected chi connectivity index (χ2v) is 9.18. The van der Waals surface area contributed by atoms with Crippen molar-refractivity contribution < 1.29 is 13.2 Å². The number of hydrogen-bond acceptors (Lipinski definition) is 4. The van der Waals surface area contributed by atoms with Crippen LogP contribution >= 0.6 is 0 Å². The Hall–Kier alpha value is -2.18. The van der Waals surface area contributed by atoms with Crippen LogP contribution in [0.2, 0.25) is 0 Å². The topological polar surface area (TPSA) is 80.5 Å². The van der Waals surface area contributed by atoms with Crippen LogP contribution < -0.4 is 5.73 Å². The van der Waals surface area contributed by atoms with E-state index < -0.39 is 9.84 Å². The van der Waals surface area contributed by atoms with Gasteiger partial charge in [0.25, 0.3) is 5.91 Å². The third kappa shape index (κ3) is 4.57. The monoisotopic (exact) mass is 386 g/mol. The zero-order chi connectivity index (χ0) is 19.4. The Labute approximate surface area is 161 Å². The molecule has 1 amide bonds. The van der Waals surface area contributed by atoms with Crippen molar-refractivity contribution in [2.24, 2.45) is 5.73 Å². The molecule has 1 fully saturated rings. The summed E-state index contributed by atoms with van der Waals surface area (Å²) in [6, 6.07) is 15.2. The first kappa shape index (κ1) is 19.6. The standard InChI is InChI=1S/C21H26N2O3S/c1-16(22)20-12-5-6-13-23(20)21(24)18-9-7-8-17(14-18)15-27(25,26)19-10-3-2-4-11-19/h2-4,7-11,14,16,20H,5-6,12-13,15,22H2,1H3/t16-,20-/m1/s1. The van der Waals surface area contributed by atoms with Gasteiger partial charge < -0.3 is 10.6 Å². The number of piperidine rings is 1.